The lowest BCUT2D eigenvalue weighted by Crippen LogP contribution is -1.91. The molecule has 5 heteroatoms. The van der Waals surface area contributed by atoms with Crippen LogP contribution < -0.4 is 5.73 Å². The van der Waals surface area contributed by atoms with Gasteiger partial charge in [0, 0.05) is 6.07 Å². The number of aromatic hydroxyl groups is 1. The van der Waals surface area contributed by atoms with Gasteiger partial charge in [-0.15, -0.1) is 0 Å². The number of hydrogen-bond acceptors (Lipinski definition) is 4. The predicted octanol–water partition coefficient (Wildman–Crippen LogP) is 0.215. The summed E-state index contributed by atoms with van der Waals surface area (Å²) in [6.45, 7) is 0. The second-order valence-electron chi connectivity index (χ2n) is 1.87. The van der Waals surface area contributed by atoms with Gasteiger partial charge in [0.05, 0.1) is 6.20 Å². The Morgan fingerprint density at radius 3 is 3.20 bits per heavy atom. The number of nitrogens with zero attached hydrogens (tertiary/aromatic N) is 2. The molecule has 5 nitrogen and oxygen atoms in total. The lowest BCUT2D eigenvalue weighted by Gasteiger charge is -1.82. The van der Waals surface area contributed by atoms with Crippen LogP contribution in [0.2, 0.25) is 0 Å². The first-order valence-corrected chi connectivity index (χ1v) is 2.70. The van der Waals surface area contributed by atoms with E-state index < -0.39 is 0 Å². The lowest BCUT2D eigenvalue weighted by molar-refractivity contribution is 0.349. The van der Waals surface area contributed by atoms with Crippen molar-refractivity contribution in [2.45, 2.75) is 0 Å². The zero-order chi connectivity index (χ0) is 7.14. The molecular formula is C5H5N3O2. The molecule has 0 aliphatic rings. The van der Waals surface area contributed by atoms with Gasteiger partial charge < -0.3 is 15.3 Å². The average Bonchev–Trinajstić information content (AvgIpc) is 2.41. The molecule has 2 heterocycles. The molecule has 0 bridgehead atoms. The molecular weight excluding hydrogens is 134 g/mol. The van der Waals surface area contributed by atoms with Crippen LogP contribution >= 0.6 is 0 Å². The van der Waals surface area contributed by atoms with Crippen molar-refractivity contribution in [3.63, 3.8) is 0 Å². The van der Waals surface area contributed by atoms with E-state index in [0.29, 0.717) is 5.71 Å². The first kappa shape index (κ1) is 5.16. The van der Waals surface area contributed by atoms with Gasteiger partial charge in [0.25, 0.3) is 0 Å². The monoisotopic (exact) mass is 139 g/mol. The second kappa shape index (κ2) is 1.44. The minimum Gasteiger partial charge on any atom is -0.478 e. The SMILES string of the molecule is Nc1c(O)oc2ccnn12. The fourth-order valence-electron chi connectivity index (χ4n) is 0.791. The molecule has 2 aromatic rings. The Morgan fingerprint density at radius 1 is 1.70 bits per heavy atom. The van der Waals surface area contributed by atoms with Crippen LogP contribution in [0.3, 0.4) is 0 Å². The van der Waals surface area contributed by atoms with Crippen LogP contribution in [0.4, 0.5) is 5.82 Å². The van der Waals surface area contributed by atoms with Crippen molar-refractivity contribution in [2.75, 3.05) is 5.73 Å². The van der Waals surface area contributed by atoms with Crippen molar-refractivity contribution in [3.8, 4) is 5.95 Å². The van der Waals surface area contributed by atoms with Crippen molar-refractivity contribution in [1.29, 1.82) is 0 Å². The molecule has 2 aromatic heterocycles. The molecule has 0 spiro atoms. The summed E-state index contributed by atoms with van der Waals surface area (Å²) in [4.78, 5) is 0. The van der Waals surface area contributed by atoms with E-state index in [1.54, 1.807) is 6.07 Å². The molecule has 0 aliphatic carbocycles. The van der Waals surface area contributed by atoms with Crippen LogP contribution in [0.1, 0.15) is 0 Å². The summed E-state index contributed by atoms with van der Waals surface area (Å²) in [6, 6.07) is 1.61. The quantitative estimate of drug-likeness (QED) is 0.547. The van der Waals surface area contributed by atoms with E-state index in [0.717, 1.165) is 0 Å². The lowest BCUT2D eigenvalue weighted by atomic mass is 10.7. The fourth-order valence-corrected chi connectivity index (χ4v) is 0.791. The number of anilines is 1. The summed E-state index contributed by atoms with van der Waals surface area (Å²) in [5.41, 5.74) is 5.78. The number of aromatic nitrogens is 2. The third kappa shape index (κ3) is 0.439. The van der Waals surface area contributed by atoms with Crippen LogP contribution in [0, 0.1) is 0 Å². The first-order chi connectivity index (χ1) is 4.79. The van der Waals surface area contributed by atoms with Gasteiger partial charge in [-0.2, -0.15) is 9.61 Å². The number of rotatable bonds is 0. The van der Waals surface area contributed by atoms with Crippen molar-refractivity contribution in [2.24, 2.45) is 0 Å². The van der Waals surface area contributed by atoms with Gasteiger partial charge in [-0.05, 0) is 0 Å². The van der Waals surface area contributed by atoms with E-state index in [9.17, 15) is 0 Å². The molecule has 2 rings (SSSR count). The Hall–Kier alpha value is -1.65. The maximum Gasteiger partial charge on any atom is 0.328 e. The third-order valence-corrected chi connectivity index (χ3v) is 1.26. The van der Waals surface area contributed by atoms with Gasteiger partial charge in [0.2, 0.25) is 11.5 Å². The summed E-state index contributed by atoms with van der Waals surface area (Å²) >= 11 is 0. The highest BCUT2D eigenvalue weighted by Crippen LogP contribution is 2.23. The summed E-state index contributed by atoms with van der Waals surface area (Å²) in [6.07, 6.45) is 1.54. The van der Waals surface area contributed by atoms with Crippen LogP contribution in [-0.2, 0) is 0 Å². The van der Waals surface area contributed by atoms with Crippen LogP contribution in [0.5, 0.6) is 5.95 Å². The molecule has 0 radical (unpaired) electrons. The second-order valence-corrected chi connectivity index (χ2v) is 1.87. The Balaban J connectivity index is 2.95. The van der Waals surface area contributed by atoms with Crippen LogP contribution in [0.15, 0.2) is 16.7 Å². The highest BCUT2D eigenvalue weighted by molar-refractivity contribution is 5.49. The summed E-state index contributed by atoms with van der Waals surface area (Å²) in [5.74, 6) is -0.164. The van der Waals surface area contributed by atoms with Gasteiger partial charge >= 0.3 is 5.95 Å². The van der Waals surface area contributed by atoms with Gasteiger partial charge in [-0.1, -0.05) is 0 Å². The molecule has 0 unspecified atom stereocenters. The van der Waals surface area contributed by atoms with Crippen molar-refractivity contribution in [3.05, 3.63) is 12.3 Å². The van der Waals surface area contributed by atoms with E-state index >= 15 is 0 Å². The zero-order valence-corrected chi connectivity index (χ0v) is 4.98. The van der Waals surface area contributed by atoms with Crippen LogP contribution in [0.25, 0.3) is 5.71 Å². The molecule has 10 heavy (non-hydrogen) atoms. The maximum absolute atomic E-state index is 8.88. The minimum absolute atomic E-state index is 0.125. The number of hydrogen-bond donors (Lipinski definition) is 2. The molecule has 0 amide bonds. The molecule has 3 N–H and O–H groups in total. The molecule has 0 aromatic carbocycles. The predicted molar refractivity (Wildman–Crippen MR) is 33.5 cm³/mol. The highest BCUT2D eigenvalue weighted by atomic mass is 16.5. The molecule has 0 saturated heterocycles. The van der Waals surface area contributed by atoms with Gasteiger partial charge in [-0.3, -0.25) is 0 Å². The number of fused-ring (bicyclic) bond motifs is 1. The minimum atomic E-state index is -0.289. The summed E-state index contributed by atoms with van der Waals surface area (Å²) in [7, 11) is 0. The molecule has 0 aliphatic heterocycles. The largest absolute Gasteiger partial charge is 0.478 e. The van der Waals surface area contributed by atoms with E-state index in [1.165, 1.54) is 10.7 Å². The van der Waals surface area contributed by atoms with Gasteiger partial charge in [0.1, 0.15) is 0 Å². The average molecular weight is 139 g/mol. The molecule has 0 saturated carbocycles. The zero-order valence-electron chi connectivity index (χ0n) is 4.98. The third-order valence-electron chi connectivity index (χ3n) is 1.26. The number of nitrogen functional groups attached to an aromatic ring is 1. The van der Waals surface area contributed by atoms with Crippen LogP contribution in [-0.4, -0.2) is 14.7 Å². The van der Waals surface area contributed by atoms with Crippen molar-refractivity contribution < 1.29 is 9.52 Å². The molecule has 0 atom stereocenters. The van der Waals surface area contributed by atoms with Gasteiger partial charge in [0.15, 0.2) is 0 Å². The Bertz CT molecular complexity index is 362. The van der Waals surface area contributed by atoms with Crippen molar-refractivity contribution >= 4 is 11.5 Å². The molecule has 52 valence electrons. The van der Waals surface area contributed by atoms with E-state index in [-0.39, 0.29) is 11.8 Å². The normalized spacial score (nSPS) is 10.8. The fraction of sp³-hybridized carbons (Fsp3) is 0. The Labute approximate surface area is 55.7 Å². The Morgan fingerprint density at radius 2 is 2.50 bits per heavy atom. The summed E-state index contributed by atoms with van der Waals surface area (Å²) in [5, 5.41) is 12.7. The highest BCUT2D eigenvalue weighted by Gasteiger charge is 2.08. The smallest absolute Gasteiger partial charge is 0.328 e. The van der Waals surface area contributed by atoms with E-state index in [2.05, 4.69) is 5.10 Å². The van der Waals surface area contributed by atoms with E-state index in [4.69, 9.17) is 15.3 Å². The summed E-state index contributed by atoms with van der Waals surface area (Å²) < 4.78 is 6.08. The topological polar surface area (TPSA) is 76.7 Å². The van der Waals surface area contributed by atoms with Crippen molar-refractivity contribution in [1.82, 2.24) is 9.61 Å². The maximum atomic E-state index is 8.88. The number of oxazole rings is 1. The Kier molecular flexibility index (Phi) is 0.743. The van der Waals surface area contributed by atoms with E-state index in [1.807, 2.05) is 0 Å². The molecule has 0 fully saturated rings. The van der Waals surface area contributed by atoms with Gasteiger partial charge in [-0.25, -0.2) is 0 Å². The number of nitrogens with two attached hydrogens (primary N) is 1. The first-order valence-electron chi connectivity index (χ1n) is 2.70. The standard InChI is InChI=1S/C5H5N3O2/c6-4-5(9)10-3-1-2-7-8(3)4/h1-2,9H,6H2.